The first kappa shape index (κ1) is 21.1. The molecule has 1 aliphatic carbocycles. The van der Waals surface area contributed by atoms with Gasteiger partial charge in [0.1, 0.15) is 0 Å². The number of fused-ring (bicyclic) bond motifs is 1. The van der Waals surface area contributed by atoms with Crippen molar-refractivity contribution >= 4 is 32.1 Å². The van der Waals surface area contributed by atoms with Crippen molar-refractivity contribution < 1.29 is 0 Å². The Hall–Kier alpha value is -1.12. The summed E-state index contributed by atoms with van der Waals surface area (Å²) in [6, 6.07) is 14.1. The van der Waals surface area contributed by atoms with E-state index >= 15 is 0 Å². The minimum Gasteiger partial charge on any atom is -0.139 e. The Morgan fingerprint density at radius 2 is 1.45 bits per heavy atom. The highest BCUT2D eigenvalue weighted by Crippen LogP contribution is 2.40. The lowest BCUT2D eigenvalue weighted by Gasteiger charge is -2.28. The highest BCUT2D eigenvalue weighted by atomic mass is 32.1. The van der Waals surface area contributed by atoms with Crippen LogP contribution in [0.15, 0.2) is 36.4 Å². The van der Waals surface area contributed by atoms with Crippen molar-refractivity contribution in [2.24, 2.45) is 11.8 Å². The standard InChI is InChI=1S/C27H36S2/c1-3-5-7-21-8-10-22(11-9-21)14-17-24-18-26-27(28-24)19-25(29-26)23-15-12-20(6-4-2)13-16-23/h12-13,15-16,18-19,21-22H,3-11,14,17H2,1-2H3/t21-,22-. The van der Waals surface area contributed by atoms with Crippen molar-refractivity contribution in [2.45, 2.75) is 84.5 Å². The second-order valence-corrected chi connectivity index (χ2v) is 11.3. The van der Waals surface area contributed by atoms with Crippen LogP contribution in [-0.4, -0.2) is 0 Å². The fraction of sp³-hybridized carbons (Fsp3) is 0.556. The molecule has 2 heterocycles. The normalized spacial score (nSPS) is 19.8. The quantitative estimate of drug-likeness (QED) is 0.321. The molecule has 2 heteroatoms. The molecule has 0 spiro atoms. The molecule has 0 N–H and O–H groups in total. The molecule has 1 aliphatic rings. The summed E-state index contributed by atoms with van der Waals surface area (Å²) in [5, 5.41) is 0. The Morgan fingerprint density at radius 1 is 0.759 bits per heavy atom. The largest absolute Gasteiger partial charge is 0.139 e. The minimum absolute atomic E-state index is 0.977. The summed E-state index contributed by atoms with van der Waals surface area (Å²) in [7, 11) is 0. The second-order valence-electron chi connectivity index (χ2n) is 9.07. The Kier molecular flexibility index (Phi) is 7.48. The lowest BCUT2D eigenvalue weighted by molar-refractivity contribution is 0.250. The van der Waals surface area contributed by atoms with E-state index in [-0.39, 0.29) is 0 Å². The van der Waals surface area contributed by atoms with Crippen molar-refractivity contribution in [1.82, 2.24) is 0 Å². The van der Waals surface area contributed by atoms with Gasteiger partial charge < -0.3 is 0 Å². The smallest absolute Gasteiger partial charge is 0.0460 e. The van der Waals surface area contributed by atoms with E-state index in [4.69, 9.17) is 0 Å². The number of hydrogen-bond acceptors (Lipinski definition) is 2. The van der Waals surface area contributed by atoms with Crippen molar-refractivity contribution in [3.63, 3.8) is 0 Å². The fourth-order valence-corrected chi connectivity index (χ4v) is 7.37. The lowest BCUT2D eigenvalue weighted by Crippen LogP contribution is -2.15. The van der Waals surface area contributed by atoms with Crippen LogP contribution in [0.1, 0.15) is 82.1 Å². The third-order valence-corrected chi connectivity index (χ3v) is 9.17. The average Bonchev–Trinajstić information content (AvgIpc) is 3.31. The van der Waals surface area contributed by atoms with Crippen LogP contribution in [-0.2, 0) is 12.8 Å². The van der Waals surface area contributed by atoms with Gasteiger partial charge in [0.2, 0.25) is 0 Å². The van der Waals surface area contributed by atoms with E-state index in [1.807, 2.05) is 22.7 Å². The summed E-state index contributed by atoms with van der Waals surface area (Å²) >= 11 is 4.00. The molecule has 0 aliphatic heterocycles. The number of unbranched alkanes of at least 4 members (excludes halogenated alkanes) is 1. The fourth-order valence-electron chi connectivity index (χ4n) is 4.92. The first-order chi connectivity index (χ1) is 14.2. The molecule has 0 nitrogen and oxygen atoms in total. The summed E-state index contributed by atoms with van der Waals surface area (Å²) in [4.78, 5) is 3.02. The van der Waals surface area contributed by atoms with Crippen LogP contribution in [0.25, 0.3) is 19.8 Å². The molecular weight excluding hydrogens is 388 g/mol. The van der Waals surface area contributed by atoms with E-state index in [2.05, 4.69) is 50.2 Å². The Labute approximate surface area is 185 Å². The van der Waals surface area contributed by atoms with Gasteiger partial charge in [0.05, 0.1) is 0 Å². The molecule has 1 aromatic carbocycles. The van der Waals surface area contributed by atoms with E-state index < -0.39 is 0 Å². The van der Waals surface area contributed by atoms with Gasteiger partial charge >= 0.3 is 0 Å². The number of aryl methyl sites for hydroxylation is 2. The first-order valence-electron chi connectivity index (χ1n) is 11.9. The maximum absolute atomic E-state index is 2.48. The SMILES string of the molecule is CCCC[C@H]1CC[C@H](CCc2cc3sc(-c4ccc(CCC)cc4)cc3s2)CC1. The number of benzene rings is 1. The van der Waals surface area contributed by atoms with Crippen LogP contribution >= 0.6 is 22.7 Å². The van der Waals surface area contributed by atoms with Gasteiger partial charge in [-0.25, -0.2) is 0 Å². The highest BCUT2D eigenvalue weighted by molar-refractivity contribution is 7.29. The Morgan fingerprint density at radius 3 is 2.10 bits per heavy atom. The van der Waals surface area contributed by atoms with Gasteiger partial charge in [-0.1, -0.05) is 89.5 Å². The van der Waals surface area contributed by atoms with E-state index in [9.17, 15) is 0 Å². The number of thiophene rings is 2. The second kappa shape index (κ2) is 10.3. The van der Waals surface area contributed by atoms with Gasteiger partial charge in [-0.2, -0.15) is 0 Å². The zero-order valence-corrected chi connectivity index (χ0v) is 19.8. The van der Waals surface area contributed by atoms with E-state index in [0.717, 1.165) is 11.8 Å². The van der Waals surface area contributed by atoms with Gasteiger partial charge in [0.15, 0.2) is 0 Å². The van der Waals surface area contributed by atoms with Gasteiger partial charge in [-0.15, -0.1) is 22.7 Å². The van der Waals surface area contributed by atoms with Gasteiger partial charge in [-0.3, -0.25) is 0 Å². The zero-order chi connectivity index (χ0) is 20.1. The number of hydrogen-bond donors (Lipinski definition) is 0. The molecule has 0 unspecified atom stereocenters. The molecule has 2 aromatic heterocycles. The van der Waals surface area contributed by atoms with Crippen molar-refractivity contribution in [2.75, 3.05) is 0 Å². The molecule has 0 amide bonds. The summed E-state index contributed by atoms with van der Waals surface area (Å²) < 4.78 is 2.97. The van der Waals surface area contributed by atoms with Crippen LogP contribution < -0.4 is 0 Å². The van der Waals surface area contributed by atoms with Crippen molar-refractivity contribution in [3.8, 4) is 10.4 Å². The van der Waals surface area contributed by atoms with Crippen LogP contribution in [0.4, 0.5) is 0 Å². The van der Waals surface area contributed by atoms with Crippen molar-refractivity contribution in [3.05, 3.63) is 46.8 Å². The maximum atomic E-state index is 2.48. The lowest BCUT2D eigenvalue weighted by atomic mass is 9.78. The molecule has 4 rings (SSSR count). The minimum atomic E-state index is 0.977. The van der Waals surface area contributed by atoms with Crippen LogP contribution in [0.2, 0.25) is 0 Å². The van der Waals surface area contributed by atoms with E-state index in [1.165, 1.54) is 96.0 Å². The molecule has 1 fully saturated rings. The van der Waals surface area contributed by atoms with Gasteiger partial charge in [0.25, 0.3) is 0 Å². The monoisotopic (exact) mass is 424 g/mol. The van der Waals surface area contributed by atoms with Crippen LogP contribution in [0.3, 0.4) is 0 Å². The summed E-state index contributed by atoms with van der Waals surface area (Å²) in [6.45, 7) is 4.57. The predicted molar refractivity (Wildman–Crippen MR) is 132 cm³/mol. The third kappa shape index (κ3) is 5.52. The van der Waals surface area contributed by atoms with Crippen LogP contribution in [0, 0.1) is 11.8 Å². The zero-order valence-electron chi connectivity index (χ0n) is 18.2. The average molecular weight is 425 g/mol. The summed E-state index contributed by atoms with van der Waals surface area (Å²) in [5.74, 6) is 2.01. The van der Waals surface area contributed by atoms with E-state index in [0.29, 0.717) is 0 Å². The Balaban J connectivity index is 1.31. The van der Waals surface area contributed by atoms with Gasteiger partial charge in [-0.05, 0) is 54.4 Å². The molecular formula is C27H36S2. The van der Waals surface area contributed by atoms with Gasteiger partial charge in [0, 0.05) is 19.2 Å². The van der Waals surface area contributed by atoms with Crippen LogP contribution in [0.5, 0.6) is 0 Å². The molecule has 3 aromatic rings. The molecule has 1 saturated carbocycles. The summed E-state index contributed by atoms with van der Waals surface area (Å²) in [5.41, 5.74) is 2.83. The van der Waals surface area contributed by atoms with Crippen molar-refractivity contribution in [1.29, 1.82) is 0 Å². The third-order valence-electron chi connectivity index (χ3n) is 6.77. The molecule has 156 valence electrons. The molecule has 29 heavy (non-hydrogen) atoms. The maximum Gasteiger partial charge on any atom is 0.0460 e. The first-order valence-corrected chi connectivity index (χ1v) is 13.5. The topological polar surface area (TPSA) is 0 Å². The highest BCUT2D eigenvalue weighted by Gasteiger charge is 2.21. The molecule has 0 bridgehead atoms. The molecule has 0 saturated heterocycles. The predicted octanol–water partition coefficient (Wildman–Crippen LogP) is 9.51. The molecule has 0 atom stereocenters. The van der Waals surface area contributed by atoms with E-state index in [1.54, 1.807) is 4.88 Å². The summed E-state index contributed by atoms with van der Waals surface area (Å²) in [6.07, 6.45) is 15.3. The Bertz CT molecular complexity index is 844. The molecule has 0 radical (unpaired) electrons. The number of rotatable bonds is 9.